The first-order valence-corrected chi connectivity index (χ1v) is 7.20. The van der Waals surface area contributed by atoms with E-state index in [1.165, 1.54) is 4.90 Å². The molecular formula is C19H18N2O. The van der Waals surface area contributed by atoms with E-state index in [-0.39, 0.29) is 5.91 Å². The van der Waals surface area contributed by atoms with Gasteiger partial charge in [-0.25, -0.2) is 4.90 Å². The molecule has 110 valence electrons. The number of nitriles is 1. The van der Waals surface area contributed by atoms with E-state index >= 15 is 0 Å². The molecule has 0 radical (unpaired) electrons. The first-order chi connectivity index (χ1) is 10.8. The SMILES string of the molecule is C=CCCN(C#N)C(=O)C(c1ccccc1)c1ccccc1. The maximum Gasteiger partial charge on any atom is 0.247 e. The fourth-order valence-corrected chi connectivity index (χ4v) is 2.35. The van der Waals surface area contributed by atoms with E-state index in [9.17, 15) is 10.1 Å². The molecule has 1 amide bonds. The number of hydrogen-bond acceptors (Lipinski definition) is 2. The Kier molecular flexibility index (Phi) is 5.50. The van der Waals surface area contributed by atoms with E-state index in [4.69, 9.17) is 0 Å². The lowest BCUT2D eigenvalue weighted by atomic mass is 9.90. The Bertz CT molecular complexity index is 619. The van der Waals surface area contributed by atoms with Crippen LogP contribution in [0, 0.1) is 11.5 Å². The molecule has 3 nitrogen and oxygen atoms in total. The second-order valence-corrected chi connectivity index (χ2v) is 4.92. The van der Waals surface area contributed by atoms with Crippen LogP contribution in [0.15, 0.2) is 73.3 Å². The molecule has 0 bridgehead atoms. The Hall–Kier alpha value is -2.86. The van der Waals surface area contributed by atoms with E-state index in [1.54, 1.807) is 6.08 Å². The van der Waals surface area contributed by atoms with Crippen molar-refractivity contribution in [2.45, 2.75) is 12.3 Å². The summed E-state index contributed by atoms with van der Waals surface area (Å²) in [5, 5.41) is 9.29. The molecule has 0 spiro atoms. The molecule has 0 unspecified atom stereocenters. The number of rotatable bonds is 6. The predicted molar refractivity (Wildman–Crippen MR) is 86.9 cm³/mol. The zero-order chi connectivity index (χ0) is 15.8. The molecule has 0 saturated carbocycles. The van der Waals surface area contributed by atoms with Gasteiger partial charge in [0.05, 0.1) is 5.92 Å². The molecule has 2 aromatic rings. The van der Waals surface area contributed by atoms with Gasteiger partial charge in [-0.15, -0.1) is 6.58 Å². The number of amides is 1. The Morgan fingerprint density at radius 1 is 1.09 bits per heavy atom. The van der Waals surface area contributed by atoms with Gasteiger partial charge in [0.15, 0.2) is 6.19 Å². The van der Waals surface area contributed by atoms with Crippen LogP contribution in [-0.2, 0) is 4.79 Å². The summed E-state index contributed by atoms with van der Waals surface area (Å²) in [5.74, 6) is -0.673. The van der Waals surface area contributed by atoms with Gasteiger partial charge < -0.3 is 0 Å². The maximum atomic E-state index is 12.9. The highest BCUT2D eigenvalue weighted by atomic mass is 16.2. The van der Waals surface area contributed by atoms with Gasteiger partial charge in [-0.3, -0.25) is 4.79 Å². The van der Waals surface area contributed by atoms with Crippen LogP contribution in [0.2, 0.25) is 0 Å². The van der Waals surface area contributed by atoms with E-state index in [1.807, 2.05) is 66.9 Å². The zero-order valence-corrected chi connectivity index (χ0v) is 12.4. The fourth-order valence-electron chi connectivity index (χ4n) is 2.35. The highest BCUT2D eigenvalue weighted by molar-refractivity contribution is 5.88. The molecule has 22 heavy (non-hydrogen) atoms. The number of carbonyl (C=O) groups is 1. The summed E-state index contributed by atoms with van der Waals surface area (Å²) in [7, 11) is 0. The predicted octanol–water partition coefficient (Wildman–Crippen LogP) is 3.70. The lowest BCUT2D eigenvalue weighted by Crippen LogP contribution is -2.32. The molecule has 0 aliphatic heterocycles. The highest BCUT2D eigenvalue weighted by Crippen LogP contribution is 2.26. The third-order valence-corrected chi connectivity index (χ3v) is 3.46. The highest BCUT2D eigenvalue weighted by Gasteiger charge is 2.27. The first-order valence-electron chi connectivity index (χ1n) is 7.20. The van der Waals surface area contributed by atoms with Crippen molar-refractivity contribution in [2.24, 2.45) is 0 Å². The summed E-state index contributed by atoms with van der Waals surface area (Å²) in [5.41, 5.74) is 1.77. The number of nitrogens with zero attached hydrogens (tertiary/aromatic N) is 2. The molecule has 0 aliphatic rings. The normalized spacial score (nSPS) is 10.0. The van der Waals surface area contributed by atoms with Crippen LogP contribution in [0.5, 0.6) is 0 Å². The minimum absolute atomic E-state index is 0.207. The smallest absolute Gasteiger partial charge is 0.247 e. The van der Waals surface area contributed by atoms with E-state index in [0.29, 0.717) is 13.0 Å². The second-order valence-electron chi connectivity index (χ2n) is 4.92. The Balaban J connectivity index is 2.39. The summed E-state index contributed by atoms with van der Waals surface area (Å²) in [4.78, 5) is 14.1. The van der Waals surface area contributed by atoms with E-state index in [2.05, 4.69) is 6.58 Å². The summed E-state index contributed by atoms with van der Waals surface area (Å²) in [6.45, 7) is 4.00. The number of hydrogen-bond donors (Lipinski definition) is 0. The minimum Gasteiger partial charge on any atom is -0.273 e. The van der Waals surface area contributed by atoms with Crippen molar-refractivity contribution < 1.29 is 4.79 Å². The Morgan fingerprint density at radius 2 is 1.59 bits per heavy atom. The molecule has 3 heteroatoms. The third-order valence-electron chi connectivity index (χ3n) is 3.46. The van der Waals surface area contributed by atoms with Gasteiger partial charge in [0.1, 0.15) is 0 Å². The van der Waals surface area contributed by atoms with E-state index in [0.717, 1.165) is 11.1 Å². The van der Waals surface area contributed by atoms with Crippen molar-refractivity contribution in [3.05, 3.63) is 84.4 Å². The molecule has 0 heterocycles. The summed E-state index contributed by atoms with van der Waals surface area (Å²) in [6, 6.07) is 19.1. The zero-order valence-electron chi connectivity index (χ0n) is 12.4. The Morgan fingerprint density at radius 3 is 2.00 bits per heavy atom. The topological polar surface area (TPSA) is 44.1 Å². The molecule has 0 saturated heterocycles. The van der Waals surface area contributed by atoms with Crippen LogP contribution in [-0.4, -0.2) is 17.4 Å². The van der Waals surface area contributed by atoms with Gasteiger partial charge in [0.2, 0.25) is 5.91 Å². The molecule has 2 aromatic carbocycles. The van der Waals surface area contributed by atoms with Gasteiger partial charge in [-0.05, 0) is 17.5 Å². The summed E-state index contributed by atoms with van der Waals surface area (Å²) >= 11 is 0. The van der Waals surface area contributed by atoms with Gasteiger partial charge >= 0.3 is 0 Å². The van der Waals surface area contributed by atoms with Gasteiger partial charge in [0.25, 0.3) is 0 Å². The number of benzene rings is 2. The summed E-state index contributed by atoms with van der Waals surface area (Å²) in [6.07, 6.45) is 4.29. The van der Waals surface area contributed by atoms with Crippen molar-refractivity contribution >= 4 is 5.91 Å². The number of carbonyl (C=O) groups excluding carboxylic acids is 1. The minimum atomic E-state index is -0.466. The van der Waals surface area contributed by atoms with Crippen molar-refractivity contribution in [1.82, 2.24) is 4.90 Å². The summed E-state index contributed by atoms with van der Waals surface area (Å²) < 4.78 is 0. The van der Waals surface area contributed by atoms with Crippen LogP contribution < -0.4 is 0 Å². The average Bonchev–Trinajstić information content (AvgIpc) is 2.58. The van der Waals surface area contributed by atoms with Crippen LogP contribution in [0.25, 0.3) is 0 Å². The van der Waals surface area contributed by atoms with Crippen molar-refractivity contribution in [2.75, 3.05) is 6.54 Å². The Labute approximate surface area is 131 Å². The van der Waals surface area contributed by atoms with Crippen LogP contribution in [0.1, 0.15) is 23.5 Å². The molecule has 0 aliphatic carbocycles. The molecule has 2 rings (SSSR count). The monoisotopic (exact) mass is 290 g/mol. The second kappa shape index (κ2) is 7.80. The average molecular weight is 290 g/mol. The third kappa shape index (κ3) is 3.62. The standard InChI is InChI=1S/C19H18N2O/c1-2-3-14-21(15-20)19(22)18(16-10-6-4-7-11-16)17-12-8-5-9-13-17/h2,4-13,18H,1,3,14H2. The quantitative estimate of drug-likeness (QED) is 0.462. The molecule has 0 aromatic heterocycles. The van der Waals surface area contributed by atoms with Crippen molar-refractivity contribution in [3.8, 4) is 6.19 Å². The van der Waals surface area contributed by atoms with Crippen LogP contribution in [0.3, 0.4) is 0 Å². The molecule has 0 fully saturated rings. The van der Waals surface area contributed by atoms with Crippen LogP contribution in [0.4, 0.5) is 0 Å². The van der Waals surface area contributed by atoms with Gasteiger partial charge in [0, 0.05) is 6.54 Å². The molecular weight excluding hydrogens is 272 g/mol. The fraction of sp³-hybridized carbons (Fsp3) is 0.158. The van der Waals surface area contributed by atoms with E-state index < -0.39 is 5.92 Å². The molecule has 0 atom stereocenters. The first kappa shape index (κ1) is 15.5. The van der Waals surface area contributed by atoms with Gasteiger partial charge in [-0.2, -0.15) is 5.26 Å². The van der Waals surface area contributed by atoms with Crippen molar-refractivity contribution in [3.63, 3.8) is 0 Å². The van der Waals surface area contributed by atoms with Crippen LogP contribution >= 0.6 is 0 Å². The maximum absolute atomic E-state index is 12.9. The lowest BCUT2D eigenvalue weighted by Gasteiger charge is -2.22. The lowest BCUT2D eigenvalue weighted by molar-refractivity contribution is -0.128. The van der Waals surface area contributed by atoms with Gasteiger partial charge in [-0.1, -0.05) is 66.7 Å². The van der Waals surface area contributed by atoms with Crippen molar-refractivity contribution in [1.29, 1.82) is 5.26 Å². The largest absolute Gasteiger partial charge is 0.273 e. The molecule has 0 N–H and O–H groups in total.